The van der Waals surface area contributed by atoms with Gasteiger partial charge in [-0.05, 0) is 37.0 Å². The van der Waals surface area contributed by atoms with Crippen LogP contribution in [-0.2, 0) is 16.1 Å². The number of rotatable bonds is 3. The monoisotopic (exact) mass is 316 g/mol. The van der Waals surface area contributed by atoms with Gasteiger partial charge in [0.05, 0.1) is 12.5 Å². The third-order valence-corrected chi connectivity index (χ3v) is 5.13. The number of likely N-dealkylation sites (tertiary alicyclic amines) is 2. The average molecular weight is 316 g/mol. The van der Waals surface area contributed by atoms with E-state index in [2.05, 4.69) is 0 Å². The van der Waals surface area contributed by atoms with Crippen LogP contribution in [0, 0.1) is 5.41 Å². The maximum atomic E-state index is 13.0. The molecule has 0 aromatic heterocycles. The second-order valence-electron chi connectivity index (χ2n) is 6.65. The molecule has 0 radical (unpaired) electrons. The summed E-state index contributed by atoms with van der Waals surface area (Å²) in [6, 6.07) is 7.86. The third-order valence-electron chi connectivity index (χ3n) is 5.13. The van der Waals surface area contributed by atoms with E-state index in [0.29, 0.717) is 19.6 Å². The number of amides is 2. The molecule has 2 saturated heterocycles. The van der Waals surface area contributed by atoms with Gasteiger partial charge in [0, 0.05) is 33.1 Å². The Labute approximate surface area is 137 Å². The summed E-state index contributed by atoms with van der Waals surface area (Å²) in [7, 11) is 1.65. The van der Waals surface area contributed by atoms with E-state index in [9.17, 15) is 9.59 Å². The van der Waals surface area contributed by atoms with Crippen molar-refractivity contribution in [2.75, 3.05) is 26.7 Å². The maximum absolute atomic E-state index is 13.0. The highest BCUT2D eigenvalue weighted by Crippen LogP contribution is 2.40. The molecule has 3 rings (SSSR count). The van der Waals surface area contributed by atoms with Crippen molar-refractivity contribution in [1.29, 1.82) is 0 Å². The lowest BCUT2D eigenvalue weighted by Gasteiger charge is -2.39. The molecule has 2 heterocycles. The van der Waals surface area contributed by atoms with Crippen LogP contribution in [-0.4, -0.2) is 48.4 Å². The number of benzene rings is 1. The summed E-state index contributed by atoms with van der Waals surface area (Å²) in [5.41, 5.74) is 0.721. The van der Waals surface area contributed by atoms with Gasteiger partial charge in [0.25, 0.3) is 0 Å². The van der Waals surface area contributed by atoms with E-state index in [1.807, 2.05) is 34.1 Å². The SMILES string of the molecule is COc1cccc(CN2CCCC3(CCN(C(C)=O)C3)C2=O)c1. The number of carbonyl (C=O) groups is 2. The second-order valence-corrected chi connectivity index (χ2v) is 6.65. The number of carbonyl (C=O) groups excluding carboxylic acids is 2. The van der Waals surface area contributed by atoms with Crippen LogP contribution in [0.2, 0.25) is 0 Å². The van der Waals surface area contributed by atoms with Gasteiger partial charge in [0.2, 0.25) is 11.8 Å². The van der Waals surface area contributed by atoms with E-state index in [-0.39, 0.29) is 17.2 Å². The van der Waals surface area contributed by atoms with E-state index in [0.717, 1.165) is 37.1 Å². The minimum Gasteiger partial charge on any atom is -0.497 e. The Balaban J connectivity index is 1.74. The molecule has 5 nitrogen and oxygen atoms in total. The van der Waals surface area contributed by atoms with Crippen LogP contribution in [0.25, 0.3) is 0 Å². The first kappa shape index (κ1) is 15.8. The van der Waals surface area contributed by atoms with Gasteiger partial charge in [-0.3, -0.25) is 9.59 Å². The van der Waals surface area contributed by atoms with Gasteiger partial charge in [0.1, 0.15) is 5.75 Å². The molecule has 2 amide bonds. The summed E-state index contributed by atoms with van der Waals surface area (Å²) in [6.07, 6.45) is 2.69. The lowest BCUT2D eigenvalue weighted by molar-refractivity contribution is -0.146. The summed E-state index contributed by atoms with van der Waals surface area (Å²) in [6.45, 7) is 4.26. The van der Waals surface area contributed by atoms with E-state index >= 15 is 0 Å². The number of ether oxygens (including phenoxy) is 1. The Morgan fingerprint density at radius 1 is 1.30 bits per heavy atom. The first-order valence-electron chi connectivity index (χ1n) is 8.22. The zero-order chi connectivity index (χ0) is 16.4. The van der Waals surface area contributed by atoms with E-state index < -0.39 is 0 Å². The first-order chi connectivity index (χ1) is 11.0. The molecule has 0 aliphatic carbocycles. The highest BCUT2D eigenvalue weighted by Gasteiger charge is 2.48. The van der Waals surface area contributed by atoms with Gasteiger partial charge in [-0.1, -0.05) is 12.1 Å². The highest BCUT2D eigenvalue weighted by molar-refractivity contribution is 5.85. The molecule has 1 unspecified atom stereocenters. The van der Waals surface area contributed by atoms with E-state index in [1.54, 1.807) is 14.0 Å². The molecule has 5 heteroatoms. The molecule has 124 valence electrons. The lowest BCUT2D eigenvalue weighted by atomic mass is 9.78. The molecule has 0 saturated carbocycles. The molecule has 2 aliphatic rings. The summed E-state index contributed by atoms with van der Waals surface area (Å²) in [5, 5.41) is 0. The van der Waals surface area contributed by atoms with Crippen molar-refractivity contribution in [3.8, 4) is 5.75 Å². The molecule has 1 aromatic carbocycles. The number of hydrogen-bond acceptors (Lipinski definition) is 3. The first-order valence-corrected chi connectivity index (χ1v) is 8.22. The number of nitrogens with zero attached hydrogens (tertiary/aromatic N) is 2. The standard InChI is InChI=1S/C18H24N2O3/c1-14(21)20-10-8-18(13-20)7-4-9-19(17(18)22)12-15-5-3-6-16(11-15)23-2/h3,5-6,11H,4,7-10,12-13H2,1-2H3. The van der Waals surface area contributed by atoms with Crippen LogP contribution in [0.15, 0.2) is 24.3 Å². The Morgan fingerprint density at radius 2 is 2.13 bits per heavy atom. The average Bonchev–Trinajstić information content (AvgIpc) is 2.98. The van der Waals surface area contributed by atoms with Crippen molar-refractivity contribution in [3.63, 3.8) is 0 Å². The smallest absolute Gasteiger partial charge is 0.230 e. The fourth-order valence-corrected chi connectivity index (χ4v) is 3.81. The van der Waals surface area contributed by atoms with Crippen molar-refractivity contribution < 1.29 is 14.3 Å². The molecule has 2 aliphatic heterocycles. The van der Waals surface area contributed by atoms with Crippen molar-refractivity contribution in [2.45, 2.75) is 32.7 Å². The Kier molecular flexibility index (Phi) is 4.28. The topological polar surface area (TPSA) is 49.9 Å². The fourth-order valence-electron chi connectivity index (χ4n) is 3.81. The fraction of sp³-hybridized carbons (Fsp3) is 0.556. The molecule has 1 aromatic rings. The molecule has 1 atom stereocenters. The molecular weight excluding hydrogens is 292 g/mol. The normalized spacial score (nSPS) is 24.3. The summed E-state index contributed by atoms with van der Waals surface area (Å²) in [4.78, 5) is 28.4. The number of methoxy groups -OCH3 is 1. The van der Waals surface area contributed by atoms with Crippen molar-refractivity contribution >= 4 is 11.8 Å². The molecule has 1 spiro atoms. The van der Waals surface area contributed by atoms with Gasteiger partial charge >= 0.3 is 0 Å². The third kappa shape index (κ3) is 3.05. The van der Waals surface area contributed by atoms with Crippen LogP contribution in [0.4, 0.5) is 0 Å². The Bertz CT molecular complexity index is 616. The van der Waals surface area contributed by atoms with Crippen LogP contribution >= 0.6 is 0 Å². The molecule has 0 N–H and O–H groups in total. The van der Waals surface area contributed by atoms with Crippen molar-refractivity contribution in [3.05, 3.63) is 29.8 Å². The maximum Gasteiger partial charge on any atom is 0.230 e. The summed E-state index contributed by atoms with van der Waals surface area (Å²) in [5.74, 6) is 1.08. The van der Waals surface area contributed by atoms with Crippen molar-refractivity contribution in [2.24, 2.45) is 5.41 Å². The predicted molar refractivity (Wildman–Crippen MR) is 86.9 cm³/mol. The summed E-state index contributed by atoms with van der Waals surface area (Å²) >= 11 is 0. The summed E-state index contributed by atoms with van der Waals surface area (Å²) < 4.78 is 5.26. The quantitative estimate of drug-likeness (QED) is 0.857. The second kappa shape index (κ2) is 6.22. The zero-order valence-corrected chi connectivity index (χ0v) is 13.9. The van der Waals surface area contributed by atoms with E-state index in [4.69, 9.17) is 4.74 Å². The molecule has 23 heavy (non-hydrogen) atoms. The van der Waals surface area contributed by atoms with Gasteiger partial charge in [-0.15, -0.1) is 0 Å². The van der Waals surface area contributed by atoms with Gasteiger partial charge < -0.3 is 14.5 Å². The Hall–Kier alpha value is -2.04. The molecule has 0 bridgehead atoms. The predicted octanol–water partition coefficient (Wildman–Crippen LogP) is 2.06. The van der Waals surface area contributed by atoms with Crippen LogP contribution < -0.4 is 4.74 Å². The minimum absolute atomic E-state index is 0.0691. The molecular formula is C18H24N2O3. The largest absolute Gasteiger partial charge is 0.497 e. The van der Waals surface area contributed by atoms with Crippen molar-refractivity contribution in [1.82, 2.24) is 9.80 Å². The van der Waals surface area contributed by atoms with E-state index in [1.165, 1.54) is 0 Å². The number of piperidine rings is 1. The van der Waals surface area contributed by atoms with Gasteiger partial charge in [0.15, 0.2) is 0 Å². The van der Waals surface area contributed by atoms with Gasteiger partial charge in [-0.2, -0.15) is 0 Å². The highest BCUT2D eigenvalue weighted by atomic mass is 16.5. The lowest BCUT2D eigenvalue weighted by Crippen LogP contribution is -2.49. The van der Waals surface area contributed by atoms with Gasteiger partial charge in [-0.25, -0.2) is 0 Å². The minimum atomic E-state index is -0.358. The zero-order valence-electron chi connectivity index (χ0n) is 13.9. The van der Waals surface area contributed by atoms with Crippen LogP contribution in [0.3, 0.4) is 0 Å². The molecule has 2 fully saturated rings. The van der Waals surface area contributed by atoms with Crippen LogP contribution in [0.5, 0.6) is 5.75 Å². The van der Waals surface area contributed by atoms with Crippen LogP contribution in [0.1, 0.15) is 31.7 Å². The Morgan fingerprint density at radius 3 is 2.83 bits per heavy atom. The number of hydrogen-bond donors (Lipinski definition) is 0.